The number of para-hydroxylation sites is 1. The molecule has 4 rings (SSSR count). The average Bonchev–Trinajstić information content (AvgIpc) is 3.18. The van der Waals surface area contributed by atoms with Crippen LogP contribution in [-0.2, 0) is 13.1 Å². The molecule has 3 aromatic rings. The summed E-state index contributed by atoms with van der Waals surface area (Å²) in [6.45, 7) is 2.28. The molecule has 2 aromatic heterocycles. The molecule has 1 aromatic carbocycles. The zero-order valence-corrected chi connectivity index (χ0v) is 14.0. The Bertz CT molecular complexity index is 967. The van der Waals surface area contributed by atoms with Crippen LogP contribution in [0.2, 0.25) is 5.02 Å². The lowest BCUT2D eigenvalue weighted by atomic mass is 10.2. The fraction of sp³-hybridized carbons (Fsp3) is 0.312. The third-order valence-electron chi connectivity index (χ3n) is 4.41. The number of amides is 1. The highest BCUT2D eigenvalue weighted by molar-refractivity contribution is 6.35. The van der Waals surface area contributed by atoms with Crippen LogP contribution in [0, 0.1) is 0 Å². The molecule has 0 spiro atoms. The number of hydrogen-bond acceptors (Lipinski definition) is 3. The minimum absolute atomic E-state index is 0.178. The van der Waals surface area contributed by atoms with Crippen molar-refractivity contribution in [2.45, 2.75) is 32.5 Å². The van der Waals surface area contributed by atoms with Crippen LogP contribution >= 0.6 is 11.6 Å². The summed E-state index contributed by atoms with van der Waals surface area (Å²) in [5.41, 5.74) is 1.78. The summed E-state index contributed by atoms with van der Waals surface area (Å²) in [4.78, 5) is 25.5. The molecule has 9 heteroatoms. The van der Waals surface area contributed by atoms with Crippen molar-refractivity contribution in [2.24, 2.45) is 0 Å². The Balaban J connectivity index is 1.66. The summed E-state index contributed by atoms with van der Waals surface area (Å²) in [7, 11) is 0. The Morgan fingerprint density at radius 3 is 2.96 bits per heavy atom. The number of alkyl halides is 2. The van der Waals surface area contributed by atoms with Gasteiger partial charge >= 0.3 is 0 Å². The molecule has 1 atom stereocenters. The van der Waals surface area contributed by atoms with Gasteiger partial charge in [0.1, 0.15) is 0 Å². The van der Waals surface area contributed by atoms with Crippen LogP contribution < -0.4 is 0 Å². The summed E-state index contributed by atoms with van der Waals surface area (Å²) in [6.07, 6.45) is -1.25. The maximum atomic E-state index is 13.0. The summed E-state index contributed by atoms with van der Waals surface area (Å²) >= 11 is 6.11. The number of imidazole rings is 2. The van der Waals surface area contributed by atoms with Crippen LogP contribution in [0.1, 0.15) is 35.5 Å². The zero-order chi connectivity index (χ0) is 17.7. The third kappa shape index (κ3) is 2.57. The molecule has 0 saturated carbocycles. The second kappa shape index (κ2) is 5.80. The lowest BCUT2D eigenvalue weighted by molar-refractivity contribution is 0.0590. The topological polar surface area (TPSA) is 66.8 Å². The number of aromatic nitrogens is 4. The Kier molecular flexibility index (Phi) is 3.72. The number of hydrogen-bond donors (Lipinski definition) is 1. The number of aromatic amines is 1. The molecule has 6 nitrogen and oxygen atoms in total. The number of benzene rings is 1. The van der Waals surface area contributed by atoms with Crippen LogP contribution in [0.4, 0.5) is 8.78 Å². The zero-order valence-electron chi connectivity index (χ0n) is 13.2. The van der Waals surface area contributed by atoms with Crippen molar-refractivity contribution in [3.05, 3.63) is 46.8 Å². The van der Waals surface area contributed by atoms with Gasteiger partial charge in [0.25, 0.3) is 12.3 Å². The number of carbonyl (C=O) groups is 1. The van der Waals surface area contributed by atoms with Gasteiger partial charge < -0.3 is 14.5 Å². The standard InChI is InChI=1S/C16H14ClF2N5O/c1-8-6-24-9(5-20-15(24)13(18)19)7-23(8)16(25)14-21-11-4-2-3-10(17)12(11)22-14/h2-5,8,13H,6-7H2,1H3,(H,21,22). The summed E-state index contributed by atoms with van der Waals surface area (Å²) in [6, 6.07) is 4.96. The van der Waals surface area contributed by atoms with E-state index in [0.29, 0.717) is 21.7 Å². The summed E-state index contributed by atoms with van der Waals surface area (Å²) in [5, 5.41) is 0.482. The highest BCUT2D eigenvalue weighted by Crippen LogP contribution is 2.27. The monoisotopic (exact) mass is 365 g/mol. The fourth-order valence-corrected chi connectivity index (χ4v) is 3.35. The minimum Gasteiger partial charge on any atom is -0.333 e. The molecular weight excluding hydrogens is 352 g/mol. The maximum absolute atomic E-state index is 13.0. The molecule has 1 unspecified atom stereocenters. The van der Waals surface area contributed by atoms with Gasteiger partial charge in [0.2, 0.25) is 0 Å². The van der Waals surface area contributed by atoms with Crippen LogP contribution in [-0.4, -0.2) is 36.4 Å². The lowest BCUT2D eigenvalue weighted by Crippen LogP contribution is -2.45. The number of H-pyrrole nitrogens is 1. The van der Waals surface area contributed by atoms with E-state index in [1.54, 1.807) is 23.1 Å². The number of carbonyl (C=O) groups excluding carboxylic acids is 1. The smallest absolute Gasteiger partial charge is 0.295 e. The molecule has 0 bridgehead atoms. The van der Waals surface area contributed by atoms with Gasteiger partial charge in [0.15, 0.2) is 11.6 Å². The quantitative estimate of drug-likeness (QED) is 0.757. The molecule has 1 aliphatic heterocycles. The van der Waals surface area contributed by atoms with Gasteiger partial charge in [-0.25, -0.2) is 18.7 Å². The summed E-state index contributed by atoms with van der Waals surface area (Å²) < 4.78 is 27.5. The van der Waals surface area contributed by atoms with Crippen molar-refractivity contribution < 1.29 is 13.6 Å². The van der Waals surface area contributed by atoms with Gasteiger partial charge in [-0.2, -0.15) is 0 Å². The Labute approximate surface area is 146 Å². The maximum Gasteiger partial charge on any atom is 0.295 e. The van der Waals surface area contributed by atoms with E-state index in [2.05, 4.69) is 15.0 Å². The first kappa shape index (κ1) is 16.0. The number of rotatable bonds is 2. The predicted molar refractivity (Wildman–Crippen MR) is 87.6 cm³/mol. The molecule has 1 aliphatic rings. The molecule has 0 aliphatic carbocycles. The molecule has 1 amide bonds. The van der Waals surface area contributed by atoms with E-state index in [0.717, 1.165) is 0 Å². The molecule has 0 saturated heterocycles. The Hall–Kier alpha value is -2.48. The van der Waals surface area contributed by atoms with Crippen LogP contribution in [0.25, 0.3) is 11.0 Å². The number of halogens is 3. The lowest BCUT2D eigenvalue weighted by Gasteiger charge is -2.34. The molecule has 130 valence electrons. The SMILES string of the molecule is CC1Cn2c(cnc2C(F)F)CN1C(=O)c1nc2cccc(Cl)c2[nH]1. The van der Waals surface area contributed by atoms with Crippen LogP contribution in [0.3, 0.4) is 0 Å². The first-order valence-corrected chi connectivity index (χ1v) is 8.11. The van der Waals surface area contributed by atoms with Crippen molar-refractivity contribution in [1.29, 1.82) is 0 Å². The fourth-order valence-electron chi connectivity index (χ4n) is 3.14. The van der Waals surface area contributed by atoms with Gasteiger partial charge in [-0.1, -0.05) is 17.7 Å². The first-order chi connectivity index (χ1) is 12.0. The van der Waals surface area contributed by atoms with Crippen LogP contribution in [0.5, 0.6) is 0 Å². The minimum atomic E-state index is -2.64. The van der Waals surface area contributed by atoms with Crippen molar-refractivity contribution in [1.82, 2.24) is 24.4 Å². The van der Waals surface area contributed by atoms with E-state index in [9.17, 15) is 13.6 Å². The highest BCUT2D eigenvalue weighted by Gasteiger charge is 2.32. The summed E-state index contributed by atoms with van der Waals surface area (Å²) in [5.74, 6) is -0.382. The largest absolute Gasteiger partial charge is 0.333 e. The van der Waals surface area contributed by atoms with Gasteiger partial charge in [0.05, 0.1) is 34.5 Å². The van der Waals surface area contributed by atoms with Crippen molar-refractivity contribution in [3.8, 4) is 0 Å². The number of nitrogens with zero attached hydrogens (tertiary/aromatic N) is 4. The first-order valence-electron chi connectivity index (χ1n) is 7.73. The number of fused-ring (bicyclic) bond motifs is 2. The Morgan fingerprint density at radius 1 is 1.44 bits per heavy atom. The van der Waals surface area contributed by atoms with E-state index in [1.165, 1.54) is 10.8 Å². The molecule has 0 fully saturated rings. The van der Waals surface area contributed by atoms with Gasteiger partial charge in [-0.05, 0) is 19.1 Å². The van der Waals surface area contributed by atoms with Crippen molar-refractivity contribution in [3.63, 3.8) is 0 Å². The van der Waals surface area contributed by atoms with Crippen molar-refractivity contribution >= 4 is 28.5 Å². The average molecular weight is 366 g/mol. The van der Waals surface area contributed by atoms with E-state index in [-0.39, 0.29) is 36.7 Å². The third-order valence-corrected chi connectivity index (χ3v) is 4.72. The van der Waals surface area contributed by atoms with E-state index < -0.39 is 6.43 Å². The normalized spacial score (nSPS) is 17.3. The molecular formula is C16H14ClF2N5O. The molecule has 25 heavy (non-hydrogen) atoms. The Morgan fingerprint density at radius 2 is 2.24 bits per heavy atom. The second-order valence-corrected chi connectivity index (χ2v) is 6.43. The molecule has 0 radical (unpaired) electrons. The second-order valence-electron chi connectivity index (χ2n) is 6.02. The number of nitrogens with one attached hydrogen (secondary N) is 1. The van der Waals surface area contributed by atoms with Crippen molar-refractivity contribution in [2.75, 3.05) is 0 Å². The van der Waals surface area contributed by atoms with Crippen LogP contribution in [0.15, 0.2) is 24.4 Å². The van der Waals surface area contributed by atoms with Gasteiger partial charge in [-0.15, -0.1) is 0 Å². The van der Waals surface area contributed by atoms with Gasteiger partial charge in [-0.3, -0.25) is 4.79 Å². The van der Waals surface area contributed by atoms with E-state index >= 15 is 0 Å². The molecule has 3 heterocycles. The van der Waals surface area contributed by atoms with E-state index in [1.807, 2.05) is 6.92 Å². The predicted octanol–water partition coefficient (Wildman–Crippen LogP) is 3.39. The highest BCUT2D eigenvalue weighted by atomic mass is 35.5. The molecule has 1 N–H and O–H groups in total. The van der Waals surface area contributed by atoms with E-state index in [4.69, 9.17) is 11.6 Å². The van der Waals surface area contributed by atoms with Gasteiger partial charge in [0, 0.05) is 12.6 Å².